The van der Waals surface area contributed by atoms with E-state index < -0.39 is 0 Å². The summed E-state index contributed by atoms with van der Waals surface area (Å²) >= 11 is 0. The Balaban J connectivity index is 2.15. The minimum absolute atomic E-state index is 0.464. The van der Waals surface area contributed by atoms with Gasteiger partial charge >= 0.3 is 0 Å². The van der Waals surface area contributed by atoms with Crippen LogP contribution in [0.5, 0.6) is 0 Å². The van der Waals surface area contributed by atoms with Crippen LogP contribution >= 0.6 is 0 Å². The van der Waals surface area contributed by atoms with E-state index in [2.05, 4.69) is 11.8 Å². The normalized spacial score (nSPS) is 26.4. The van der Waals surface area contributed by atoms with Crippen LogP contribution in [0, 0.1) is 5.92 Å². The summed E-state index contributed by atoms with van der Waals surface area (Å²) in [6, 6.07) is 0.464. The summed E-state index contributed by atoms with van der Waals surface area (Å²) in [5.74, 6) is 0.765. The van der Waals surface area contributed by atoms with Crippen molar-refractivity contribution in [2.45, 2.75) is 38.6 Å². The number of nitrogens with two attached hydrogens (primary N) is 1. The number of nitrogens with zero attached hydrogens (tertiary/aromatic N) is 1. The molecule has 3 nitrogen and oxygen atoms in total. The van der Waals surface area contributed by atoms with E-state index in [1.54, 1.807) is 7.11 Å². The van der Waals surface area contributed by atoms with Gasteiger partial charge in [-0.3, -0.25) is 0 Å². The van der Waals surface area contributed by atoms with Crippen LogP contribution in [-0.4, -0.2) is 44.3 Å². The van der Waals surface area contributed by atoms with Gasteiger partial charge in [0.2, 0.25) is 0 Å². The van der Waals surface area contributed by atoms with Gasteiger partial charge in [-0.15, -0.1) is 0 Å². The largest absolute Gasteiger partial charge is 0.383 e. The van der Waals surface area contributed by atoms with Crippen LogP contribution in [0.4, 0.5) is 0 Å². The van der Waals surface area contributed by atoms with E-state index in [-0.39, 0.29) is 0 Å². The molecule has 2 atom stereocenters. The molecule has 1 aliphatic carbocycles. The zero-order valence-corrected chi connectivity index (χ0v) is 10.2. The molecule has 1 rings (SSSR count). The Morgan fingerprint density at radius 1 is 1.33 bits per heavy atom. The van der Waals surface area contributed by atoms with Gasteiger partial charge in [0.15, 0.2) is 0 Å². The highest BCUT2D eigenvalue weighted by atomic mass is 16.5. The Labute approximate surface area is 94.0 Å². The predicted molar refractivity (Wildman–Crippen MR) is 63.9 cm³/mol. The second kappa shape index (κ2) is 7.20. The third kappa shape index (κ3) is 4.49. The van der Waals surface area contributed by atoms with Gasteiger partial charge in [-0.1, -0.05) is 13.3 Å². The Morgan fingerprint density at radius 2 is 2.13 bits per heavy atom. The van der Waals surface area contributed by atoms with Crippen molar-refractivity contribution in [1.29, 1.82) is 0 Å². The van der Waals surface area contributed by atoms with Crippen molar-refractivity contribution in [3.05, 3.63) is 0 Å². The first-order valence-corrected chi connectivity index (χ1v) is 6.24. The zero-order chi connectivity index (χ0) is 11.1. The highest BCUT2D eigenvalue weighted by Crippen LogP contribution is 2.26. The lowest BCUT2D eigenvalue weighted by atomic mass is 10.00. The van der Waals surface area contributed by atoms with Crippen molar-refractivity contribution in [2.24, 2.45) is 11.7 Å². The standard InChI is InChI=1S/C12H26N2O/c1-3-14(9-10-15-2)8-7-11-5-4-6-12(11)13/h11-12H,3-10,13H2,1-2H3. The number of hydrogen-bond donors (Lipinski definition) is 1. The molecule has 0 aliphatic heterocycles. The van der Waals surface area contributed by atoms with Crippen LogP contribution in [0.2, 0.25) is 0 Å². The minimum atomic E-state index is 0.464. The van der Waals surface area contributed by atoms with Crippen LogP contribution in [-0.2, 0) is 4.74 Å². The Hall–Kier alpha value is -0.120. The molecule has 15 heavy (non-hydrogen) atoms. The first-order valence-electron chi connectivity index (χ1n) is 6.24. The van der Waals surface area contributed by atoms with Crippen molar-refractivity contribution in [3.63, 3.8) is 0 Å². The molecule has 0 heterocycles. The van der Waals surface area contributed by atoms with E-state index >= 15 is 0 Å². The second-order valence-corrected chi connectivity index (χ2v) is 4.57. The maximum atomic E-state index is 6.06. The van der Waals surface area contributed by atoms with E-state index in [4.69, 9.17) is 10.5 Å². The summed E-state index contributed by atoms with van der Waals surface area (Å²) in [4.78, 5) is 2.45. The Morgan fingerprint density at radius 3 is 2.67 bits per heavy atom. The maximum Gasteiger partial charge on any atom is 0.0589 e. The third-order valence-electron chi connectivity index (χ3n) is 3.59. The molecule has 0 aromatic heterocycles. The van der Waals surface area contributed by atoms with Crippen molar-refractivity contribution in [1.82, 2.24) is 4.90 Å². The fourth-order valence-electron chi connectivity index (χ4n) is 2.42. The molecule has 3 heteroatoms. The summed E-state index contributed by atoms with van der Waals surface area (Å²) in [6.07, 6.45) is 5.16. The molecule has 0 bridgehead atoms. The van der Waals surface area contributed by atoms with E-state index in [9.17, 15) is 0 Å². The highest BCUT2D eigenvalue weighted by Gasteiger charge is 2.23. The van der Waals surface area contributed by atoms with Gasteiger partial charge in [0.1, 0.15) is 0 Å². The van der Waals surface area contributed by atoms with Crippen molar-refractivity contribution in [2.75, 3.05) is 33.4 Å². The molecule has 2 unspecified atom stereocenters. The first kappa shape index (κ1) is 12.9. The average Bonchev–Trinajstić information content (AvgIpc) is 2.65. The number of methoxy groups -OCH3 is 1. The average molecular weight is 214 g/mol. The molecule has 0 aromatic rings. The van der Waals surface area contributed by atoms with Gasteiger partial charge in [0.05, 0.1) is 6.61 Å². The van der Waals surface area contributed by atoms with E-state index in [0.29, 0.717) is 6.04 Å². The molecule has 0 amide bonds. The molecule has 0 saturated heterocycles. The molecule has 0 radical (unpaired) electrons. The van der Waals surface area contributed by atoms with E-state index in [0.717, 1.165) is 25.6 Å². The number of ether oxygens (including phenoxy) is 1. The molecule has 2 N–H and O–H groups in total. The van der Waals surface area contributed by atoms with Crippen LogP contribution in [0.1, 0.15) is 32.6 Å². The predicted octanol–water partition coefficient (Wildman–Crippen LogP) is 1.47. The summed E-state index contributed by atoms with van der Waals surface area (Å²) in [6.45, 7) is 6.40. The molecule has 90 valence electrons. The Kier molecular flexibility index (Phi) is 6.22. The molecule has 0 spiro atoms. The third-order valence-corrected chi connectivity index (χ3v) is 3.59. The highest BCUT2D eigenvalue weighted by molar-refractivity contribution is 4.80. The van der Waals surface area contributed by atoms with Crippen LogP contribution < -0.4 is 5.73 Å². The quantitative estimate of drug-likeness (QED) is 0.697. The SMILES string of the molecule is CCN(CCOC)CCC1CCCC1N. The molecule has 1 saturated carbocycles. The topological polar surface area (TPSA) is 38.5 Å². The number of likely N-dealkylation sites (N-methyl/N-ethyl adjacent to an activating group) is 1. The Bertz CT molecular complexity index is 164. The van der Waals surface area contributed by atoms with Crippen molar-refractivity contribution >= 4 is 0 Å². The van der Waals surface area contributed by atoms with Gasteiger partial charge < -0.3 is 15.4 Å². The molecular weight excluding hydrogens is 188 g/mol. The summed E-state index contributed by atoms with van der Waals surface area (Å²) < 4.78 is 5.10. The summed E-state index contributed by atoms with van der Waals surface area (Å²) in [5.41, 5.74) is 6.06. The van der Waals surface area contributed by atoms with Gasteiger partial charge in [-0.2, -0.15) is 0 Å². The molecule has 1 fully saturated rings. The van der Waals surface area contributed by atoms with Crippen LogP contribution in [0.15, 0.2) is 0 Å². The van der Waals surface area contributed by atoms with Crippen LogP contribution in [0.25, 0.3) is 0 Å². The van der Waals surface area contributed by atoms with Gasteiger partial charge in [0, 0.05) is 19.7 Å². The molecule has 0 aromatic carbocycles. The van der Waals surface area contributed by atoms with Gasteiger partial charge in [0.25, 0.3) is 0 Å². The summed E-state index contributed by atoms with van der Waals surface area (Å²) in [5, 5.41) is 0. The van der Waals surface area contributed by atoms with Gasteiger partial charge in [-0.05, 0) is 38.3 Å². The molecule has 1 aliphatic rings. The zero-order valence-electron chi connectivity index (χ0n) is 10.2. The minimum Gasteiger partial charge on any atom is -0.383 e. The van der Waals surface area contributed by atoms with Crippen molar-refractivity contribution in [3.8, 4) is 0 Å². The molecular formula is C12H26N2O. The maximum absolute atomic E-state index is 6.06. The summed E-state index contributed by atoms with van der Waals surface area (Å²) in [7, 11) is 1.76. The fourth-order valence-corrected chi connectivity index (χ4v) is 2.42. The lowest BCUT2D eigenvalue weighted by Gasteiger charge is -2.23. The number of rotatable bonds is 7. The smallest absolute Gasteiger partial charge is 0.0589 e. The monoisotopic (exact) mass is 214 g/mol. The first-order chi connectivity index (χ1) is 7.27. The lowest BCUT2D eigenvalue weighted by Crippen LogP contribution is -2.32. The van der Waals surface area contributed by atoms with Gasteiger partial charge in [-0.25, -0.2) is 0 Å². The number of hydrogen-bond acceptors (Lipinski definition) is 3. The second-order valence-electron chi connectivity index (χ2n) is 4.57. The van der Waals surface area contributed by atoms with E-state index in [1.807, 2.05) is 0 Å². The van der Waals surface area contributed by atoms with Crippen molar-refractivity contribution < 1.29 is 4.74 Å². The fraction of sp³-hybridized carbons (Fsp3) is 1.00. The van der Waals surface area contributed by atoms with E-state index in [1.165, 1.54) is 32.2 Å². The van der Waals surface area contributed by atoms with Crippen LogP contribution in [0.3, 0.4) is 0 Å². The lowest BCUT2D eigenvalue weighted by molar-refractivity contribution is 0.146.